The van der Waals surface area contributed by atoms with E-state index in [0.717, 1.165) is 54.6 Å². The lowest BCUT2D eigenvalue weighted by atomic mass is 10.2. The molecule has 0 saturated heterocycles. The Kier molecular flexibility index (Phi) is 15.7. The van der Waals surface area contributed by atoms with Gasteiger partial charge in [0, 0.05) is 35.1 Å². The van der Waals surface area contributed by atoms with Gasteiger partial charge >= 0.3 is 0 Å². The van der Waals surface area contributed by atoms with E-state index in [1.807, 2.05) is 39.0 Å². The zero-order chi connectivity index (χ0) is 21.4. The average molecular weight is 426 g/mol. The summed E-state index contributed by atoms with van der Waals surface area (Å²) >= 11 is 7.69. The van der Waals surface area contributed by atoms with Crippen molar-refractivity contribution in [2.45, 2.75) is 60.4 Å². The van der Waals surface area contributed by atoms with Gasteiger partial charge in [0.05, 0.1) is 0 Å². The molecule has 0 saturated carbocycles. The van der Waals surface area contributed by atoms with Crippen molar-refractivity contribution in [1.29, 1.82) is 0 Å². The maximum absolute atomic E-state index is 10.1. The molecule has 0 aromatic carbocycles. The predicted molar refractivity (Wildman–Crippen MR) is 125 cm³/mol. The highest BCUT2D eigenvalue weighted by Crippen LogP contribution is 2.28. The van der Waals surface area contributed by atoms with Gasteiger partial charge in [0.25, 0.3) is 0 Å². The Morgan fingerprint density at radius 3 is 2.39 bits per heavy atom. The minimum atomic E-state index is 0.491. The van der Waals surface area contributed by atoms with Gasteiger partial charge in [0.2, 0.25) is 6.41 Å². The summed E-state index contributed by atoms with van der Waals surface area (Å²) in [5.74, 6) is 0. The molecule has 1 atom stereocenters. The summed E-state index contributed by atoms with van der Waals surface area (Å²) in [5, 5.41) is 6.71. The summed E-state index contributed by atoms with van der Waals surface area (Å²) in [4.78, 5) is 16.9. The van der Waals surface area contributed by atoms with Crippen molar-refractivity contribution in [3.05, 3.63) is 45.4 Å². The highest BCUT2D eigenvalue weighted by molar-refractivity contribution is 7.10. The van der Waals surface area contributed by atoms with Crippen LogP contribution in [0.3, 0.4) is 0 Å². The molecule has 1 heterocycles. The standard InChI is InChI=1S/C11H10ClNS.C9H20N2O.C2H6/c1-8-7-14-11(13-8)9-4-2-3-5-10(12)6-9;1-4-9(7-10-8-12)11(5-2)6-3;1-2/h2-5,7H,6H2,1H3;8-9H,4-7H2,1-3H3,(H,10,12);1-2H3. The van der Waals surface area contributed by atoms with Crippen LogP contribution < -0.4 is 5.32 Å². The van der Waals surface area contributed by atoms with Crippen molar-refractivity contribution in [2.75, 3.05) is 19.6 Å². The van der Waals surface area contributed by atoms with E-state index < -0.39 is 0 Å². The van der Waals surface area contributed by atoms with Crippen LogP contribution >= 0.6 is 22.9 Å². The monoisotopic (exact) mass is 425 g/mol. The maximum Gasteiger partial charge on any atom is 0.207 e. The van der Waals surface area contributed by atoms with E-state index in [0.29, 0.717) is 6.04 Å². The molecule has 0 aliphatic heterocycles. The summed E-state index contributed by atoms with van der Waals surface area (Å²) < 4.78 is 0. The first-order chi connectivity index (χ1) is 13.5. The Labute approximate surface area is 180 Å². The molecule has 158 valence electrons. The number of carbonyl (C=O) groups excluding carboxylic acids is 1. The number of rotatable bonds is 8. The van der Waals surface area contributed by atoms with E-state index in [1.54, 1.807) is 11.3 Å². The molecule has 6 heteroatoms. The molecule has 1 aliphatic rings. The number of amides is 1. The van der Waals surface area contributed by atoms with Gasteiger partial charge in [-0.15, -0.1) is 11.3 Å². The summed E-state index contributed by atoms with van der Waals surface area (Å²) in [6, 6.07) is 0.491. The number of likely N-dealkylation sites (N-methyl/N-ethyl adjacent to an activating group) is 1. The third-order valence-electron chi connectivity index (χ3n) is 4.18. The second-order valence-corrected chi connectivity index (χ2v) is 7.31. The molecule has 4 nitrogen and oxygen atoms in total. The van der Waals surface area contributed by atoms with Crippen molar-refractivity contribution in [1.82, 2.24) is 15.2 Å². The molecule has 0 fully saturated rings. The van der Waals surface area contributed by atoms with Gasteiger partial charge in [-0.2, -0.15) is 0 Å². The SMILES string of the molecule is CC.CCC(CNC=O)N(CC)CC.Cc1csc(C2=CC=CC=C(Cl)C2)n1. The normalized spacial score (nSPS) is 13.9. The van der Waals surface area contributed by atoms with E-state index in [2.05, 4.69) is 47.4 Å². The number of hydrogen-bond donors (Lipinski definition) is 1. The molecule has 1 N–H and O–H groups in total. The third-order valence-corrected chi connectivity index (χ3v) is 5.47. The van der Waals surface area contributed by atoms with Crippen LogP contribution in [0.4, 0.5) is 0 Å². The van der Waals surface area contributed by atoms with Crippen LogP contribution in [0.25, 0.3) is 5.57 Å². The van der Waals surface area contributed by atoms with Gasteiger partial charge in [-0.1, -0.05) is 64.4 Å². The van der Waals surface area contributed by atoms with E-state index in [9.17, 15) is 4.79 Å². The average Bonchev–Trinajstić information content (AvgIpc) is 3.03. The number of halogens is 1. The Bertz CT molecular complexity index is 633. The van der Waals surface area contributed by atoms with Crippen molar-refractivity contribution in [3.63, 3.8) is 0 Å². The van der Waals surface area contributed by atoms with Gasteiger partial charge in [-0.3, -0.25) is 9.69 Å². The molecule has 1 amide bonds. The summed E-state index contributed by atoms with van der Waals surface area (Å²) in [6.45, 7) is 15.3. The lowest BCUT2D eigenvalue weighted by Crippen LogP contribution is -2.41. The van der Waals surface area contributed by atoms with E-state index in [4.69, 9.17) is 11.6 Å². The summed E-state index contributed by atoms with van der Waals surface area (Å²) in [6.07, 6.45) is 10.6. The minimum absolute atomic E-state index is 0.491. The van der Waals surface area contributed by atoms with Gasteiger partial charge in [0.1, 0.15) is 5.01 Å². The molecule has 2 rings (SSSR count). The molecule has 0 bridgehead atoms. The number of nitrogens with one attached hydrogen (secondary N) is 1. The fraction of sp³-hybridized carbons (Fsp3) is 0.545. The fourth-order valence-electron chi connectivity index (χ4n) is 2.74. The lowest BCUT2D eigenvalue weighted by Gasteiger charge is -2.28. The second kappa shape index (κ2) is 16.5. The third kappa shape index (κ3) is 10.2. The highest BCUT2D eigenvalue weighted by Gasteiger charge is 2.12. The Balaban J connectivity index is 0.000000485. The first-order valence-corrected chi connectivity index (χ1v) is 11.4. The topological polar surface area (TPSA) is 45.2 Å². The van der Waals surface area contributed by atoms with Crippen molar-refractivity contribution < 1.29 is 4.79 Å². The van der Waals surface area contributed by atoms with Gasteiger partial charge in [-0.25, -0.2) is 4.98 Å². The van der Waals surface area contributed by atoms with Gasteiger partial charge < -0.3 is 5.32 Å². The molecular formula is C22H36ClN3OS. The number of allylic oxidation sites excluding steroid dienone is 6. The van der Waals surface area contributed by atoms with E-state index in [1.165, 1.54) is 5.57 Å². The van der Waals surface area contributed by atoms with Crippen molar-refractivity contribution in [2.24, 2.45) is 0 Å². The number of thiazole rings is 1. The first kappa shape index (κ1) is 26.6. The quantitative estimate of drug-likeness (QED) is 0.535. The molecular weight excluding hydrogens is 390 g/mol. The van der Waals surface area contributed by atoms with Gasteiger partial charge in [0.15, 0.2) is 0 Å². The van der Waals surface area contributed by atoms with Crippen LogP contribution in [-0.4, -0.2) is 42.0 Å². The number of aryl methyl sites for hydroxylation is 1. The van der Waals surface area contributed by atoms with Crippen molar-refractivity contribution >= 4 is 34.9 Å². The maximum atomic E-state index is 10.1. The minimum Gasteiger partial charge on any atom is -0.357 e. The van der Waals surface area contributed by atoms with Crippen LogP contribution in [0.2, 0.25) is 0 Å². The number of hydrogen-bond acceptors (Lipinski definition) is 4. The molecule has 0 spiro atoms. The molecule has 1 aromatic heterocycles. The van der Waals surface area contributed by atoms with Gasteiger partial charge in [-0.05, 0) is 38.1 Å². The zero-order valence-electron chi connectivity index (χ0n) is 18.2. The molecule has 28 heavy (non-hydrogen) atoms. The number of aromatic nitrogens is 1. The van der Waals surface area contributed by atoms with E-state index >= 15 is 0 Å². The largest absolute Gasteiger partial charge is 0.357 e. The molecule has 1 aromatic rings. The second-order valence-electron chi connectivity index (χ2n) is 5.97. The van der Waals surface area contributed by atoms with Crippen molar-refractivity contribution in [3.8, 4) is 0 Å². The molecule has 0 radical (unpaired) electrons. The summed E-state index contributed by atoms with van der Waals surface area (Å²) in [5.41, 5.74) is 2.26. The molecule has 1 unspecified atom stereocenters. The Hall–Kier alpha value is -1.43. The lowest BCUT2D eigenvalue weighted by molar-refractivity contribution is -0.109. The van der Waals surface area contributed by atoms with Crippen LogP contribution in [0.5, 0.6) is 0 Å². The fourth-order valence-corrected chi connectivity index (χ4v) is 3.78. The Morgan fingerprint density at radius 2 is 1.89 bits per heavy atom. The van der Waals surface area contributed by atoms with Crippen LogP contribution in [0.15, 0.2) is 34.7 Å². The predicted octanol–water partition coefficient (Wildman–Crippen LogP) is 5.80. The smallest absolute Gasteiger partial charge is 0.207 e. The Morgan fingerprint density at radius 1 is 1.25 bits per heavy atom. The zero-order valence-corrected chi connectivity index (χ0v) is 19.7. The number of carbonyl (C=O) groups is 1. The molecule has 1 aliphatic carbocycles. The summed E-state index contributed by atoms with van der Waals surface area (Å²) in [7, 11) is 0. The van der Waals surface area contributed by atoms with Crippen LogP contribution in [0.1, 0.15) is 58.2 Å². The van der Waals surface area contributed by atoms with Crippen LogP contribution in [-0.2, 0) is 4.79 Å². The van der Waals surface area contributed by atoms with Crippen LogP contribution in [0, 0.1) is 6.92 Å². The first-order valence-electron chi connectivity index (χ1n) is 10.1. The van der Waals surface area contributed by atoms with E-state index in [-0.39, 0.29) is 0 Å². The highest BCUT2D eigenvalue weighted by atomic mass is 35.5. The number of nitrogens with zero attached hydrogens (tertiary/aromatic N) is 2.